The average Bonchev–Trinajstić information content (AvgIpc) is 2.99. The van der Waals surface area contributed by atoms with E-state index in [0.29, 0.717) is 31.9 Å². The predicted octanol–water partition coefficient (Wildman–Crippen LogP) is 0.547. The van der Waals surface area contributed by atoms with Crippen LogP contribution < -0.4 is 5.73 Å². The Bertz CT molecular complexity index is 462. The van der Waals surface area contributed by atoms with Gasteiger partial charge in [-0.25, -0.2) is 0 Å². The van der Waals surface area contributed by atoms with Gasteiger partial charge in [-0.15, -0.1) is 0 Å². The van der Waals surface area contributed by atoms with Crippen molar-refractivity contribution >= 4 is 11.8 Å². The molecular weight excluding hydrogens is 258 g/mol. The number of hydrogen-bond acceptors (Lipinski definition) is 4. The maximum absolute atomic E-state index is 12.2. The number of amides is 2. The molecule has 20 heavy (non-hydrogen) atoms. The second kappa shape index (κ2) is 6.09. The minimum atomic E-state index is -0.192. The highest BCUT2D eigenvalue weighted by Gasteiger charge is 2.29. The highest BCUT2D eigenvalue weighted by Crippen LogP contribution is 2.12. The second-order valence-electron chi connectivity index (χ2n) is 5.24. The van der Waals surface area contributed by atoms with Gasteiger partial charge >= 0.3 is 0 Å². The molecule has 0 radical (unpaired) electrons. The number of nitrogens with zero attached hydrogens (tertiary/aromatic N) is 2. The van der Waals surface area contributed by atoms with E-state index in [1.807, 2.05) is 13.8 Å². The normalized spacial score (nSPS) is 18.8. The first-order chi connectivity index (χ1) is 9.50. The third kappa shape index (κ3) is 3.01. The van der Waals surface area contributed by atoms with Crippen molar-refractivity contribution in [3.05, 3.63) is 24.2 Å². The van der Waals surface area contributed by atoms with Gasteiger partial charge in [0.25, 0.3) is 5.91 Å². The maximum Gasteiger partial charge on any atom is 0.289 e. The molecule has 2 unspecified atom stereocenters. The minimum absolute atomic E-state index is 0.0603. The van der Waals surface area contributed by atoms with E-state index in [1.54, 1.807) is 21.9 Å². The van der Waals surface area contributed by atoms with Gasteiger partial charge in [0.05, 0.1) is 12.2 Å². The molecule has 1 saturated heterocycles. The van der Waals surface area contributed by atoms with Crippen molar-refractivity contribution in [3.63, 3.8) is 0 Å². The zero-order chi connectivity index (χ0) is 14.7. The molecule has 6 heteroatoms. The molecule has 2 rings (SSSR count). The van der Waals surface area contributed by atoms with Gasteiger partial charge in [0.2, 0.25) is 5.91 Å². The van der Waals surface area contributed by atoms with Crippen molar-refractivity contribution < 1.29 is 14.0 Å². The van der Waals surface area contributed by atoms with Crippen LogP contribution in [0.2, 0.25) is 0 Å². The Labute approximate surface area is 118 Å². The van der Waals surface area contributed by atoms with Crippen molar-refractivity contribution in [3.8, 4) is 0 Å². The summed E-state index contributed by atoms with van der Waals surface area (Å²) in [5, 5.41) is 0. The Balaban J connectivity index is 1.89. The number of furan rings is 1. The van der Waals surface area contributed by atoms with Gasteiger partial charge in [-0.2, -0.15) is 0 Å². The molecule has 1 aliphatic rings. The van der Waals surface area contributed by atoms with E-state index in [9.17, 15) is 9.59 Å². The third-order valence-corrected chi connectivity index (χ3v) is 3.79. The first-order valence-electron chi connectivity index (χ1n) is 6.88. The van der Waals surface area contributed by atoms with Crippen LogP contribution in [0.15, 0.2) is 22.8 Å². The Morgan fingerprint density at radius 2 is 1.80 bits per heavy atom. The molecule has 2 N–H and O–H groups in total. The van der Waals surface area contributed by atoms with Crippen LogP contribution in [0.5, 0.6) is 0 Å². The highest BCUT2D eigenvalue weighted by atomic mass is 16.3. The molecule has 2 atom stereocenters. The summed E-state index contributed by atoms with van der Waals surface area (Å²) in [6.07, 6.45) is 1.48. The van der Waals surface area contributed by atoms with Crippen molar-refractivity contribution in [2.45, 2.75) is 19.9 Å². The van der Waals surface area contributed by atoms with Crippen molar-refractivity contribution in [1.29, 1.82) is 0 Å². The van der Waals surface area contributed by atoms with Crippen molar-refractivity contribution in [2.75, 3.05) is 26.2 Å². The molecule has 1 aromatic heterocycles. The van der Waals surface area contributed by atoms with E-state index < -0.39 is 0 Å². The Morgan fingerprint density at radius 3 is 2.30 bits per heavy atom. The van der Waals surface area contributed by atoms with Gasteiger partial charge in [0.1, 0.15) is 0 Å². The molecule has 0 saturated carbocycles. The number of carbonyl (C=O) groups excluding carboxylic acids is 2. The molecule has 0 bridgehead atoms. The number of nitrogens with two attached hydrogens (primary N) is 1. The van der Waals surface area contributed by atoms with Crippen LogP contribution in [0.25, 0.3) is 0 Å². The van der Waals surface area contributed by atoms with E-state index in [1.165, 1.54) is 6.26 Å². The Kier molecular flexibility index (Phi) is 4.44. The van der Waals surface area contributed by atoms with E-state index in [2.05, 4.69) is 0 Å². The van der Waals surface area contributed by atoms with E-state index >= 15 is 0 Å². The zero-order valence-electron chi connectivity index (χ0n) is 11.9. The van der Waals surface area contributed by atoms with Crippen molar-refractivity contribution in [2.24, 2.45) is 11.7 Å². The highest BCUT2D eigenvalue weighted by molar-refractivity contribution is 5.91. The van der Waals surface area contributed by atoms with E-state index in [4.69, 9.17) is 10.2 Å². The number of carbonyl (C=O) groups is 2. The van der Waals surface area contributed by atoms with Crippen LogP contribution in [-0.2, 0) is 4.79 Å². The fraction of sp³-hybridized carbons (Fsp3) is 0.571. The topological polar surface area (TPSA) is 79.8 Å². The van der Waals surface area contributed by atoms with Gasteiger partial charge in [0.15, 0.2) is 5.76 Å². The van der Waals surface area contributed by atoms with Gasteiger partial charge in [-0.05, 0) is 19.1 Å². The fourth-order valence-electron chi connectivity index (χ4n) is 2.20. The molecule has 0 aromatic carbocycles. The average molecular weight is 279 g/mol. The molecular formula is C14H21N3O3. The third-order valence-electron chi connectivity index (χ3n) is 3.79. The minimum Gasteiger partial charge on any atom is -0.459 e. The van der Waals surface area contributed by atoms with Crippen LogP contribution >= 0.6 is 0 Å². The predicted molar refractivity (Wildman–Crippen MR) is 74.0 cm³/mol. The standard InChI is InChI=1S/C14H21N3O3/c1-10(11(2)15)13(18)16-5-7-17(8-6-16)14(19)12-4-3-9-20-12/h3-4,9-11H,5-8,15H2,1-2H3. The largest absolute Gasteiger partial charge is 0.459 e. The lowest BCUT2D eigenvalue weighted by Crippen LogP contribution is -2.53. The molecule has 2 amide bonds. The summed E-state index contributed by atoms with van der Waals surface area (Å²) in [5.41, 5.74) is 5.76. The lowest BCUT2D eigenvalue weighted by atomic mass is 10.0. The first-order valence-corrected chi connectivity index (χ1v) is 6.88. The van der Waals surface area contributed by atoms with Crippen molar-refractivity contribution in [1.82, 2.24) is 9.80 Å². The van der Waals surface area contributed by atoms with Gasteiger partial charge < -0.3 is 20.0 Å². The lowest BCUT2D eigenvalue weighted by molar-refractivity contribution is -0.137. The molecule has 1 aromatic rings. The molecule has 1 fully saturated rings. The van der Waals surface area contributed by atoms with Gasteiger partial charge in [-0.3, -0.25) is 9.59 Å². The lowest BCUT2D eigenvalue weighted by Gasteiger charge is -2.36. The van der Waals surface area contributed by atoms with Crippen LogP contribution in [0.4, 0.5) is 0 Å². The van der Waals surface area contributed by atoms with Crippen LogP contribution in [0.1, 0.15) is 24.4 Å². The number of piperazine rings is 1. The molecule has 2 heterocycles. The van der Waals surface area contributed by atoms with Gasteiger partial charge in [0, 0.05) is 32.2 Å². The Morgan fingerprint density at radius 1 is 1.20 bits per heavy atom. The summed E-state index contributed by atoms with van der Waals surface area (Å²) >= 11 is 0. The second-order valence-corrected chi connectivity index (χ2v) is 5.24. The summed E-state index contributed by atoms with van der Waals surface area (Å²) in [5.74, 6) is 0.0866. The molecule has 110 valence electrons. The molecule has 6 nitrogen and oxygen atoms in total. The molecule has 0 spiro atoms. The molecule has 0 aliphatic carbocycles. The molecule has 1 aliphatic heterocycles. The summed E-state index contributed by atoms with van der Waals surface area (Å²) < 4.78 is 5.10. The summed E-state index contributed by atoms with van der Waals surface area (Å²) in [4.78, 5) is 27.7. The monoisotopic (exact) mass is 279 g/mol. The summed E-state index contributed by atoms with van der Waals surface area (Å²) in [6.45, 7) is 5.81. The fourth-order valence-corrected chi connectivity index (χ4v) is 2.20. The van der Waals surface area contributed by atoms with Crippen LogP contribution in [0, 0.1) is 5.92 Å². The SMILES string of the molecule is CC(N)C(C)C(=O)N1CCN(C(=O)c2ccco2)CC1. The summed E-state index contributed by atoms with van der Waals surface area (Å²) in [7, 11) is 0. The number of rotatable bonds is 3. The quantitative estimate of drug-likeness (QED) is 0.876. The zero-order valence-corrected chi connectivity index (χ0v) is 11.9. The van der Waals surface area contributed by atoms with Gasteiger partial charge in [-0.1, -0.05) is 6.92 Å². The smallest absolute Gasteiger partial charge is 0.289 e. The van der Waals surface area contributed by atoms with E-state index in [0.717, 1.165) is 0 Å². The van der Waals surface area contributed by atoms with Crippen LogP contribution in [-0.4, -0.2) is 53.8 Å². The summed E-state index contributed by atoms with van der Waals surface area (Å²) in [6, 6.07) is 3.18. The van der Waals surface area contributed by atoms with E-state index in [-0.39, 0.29) is 23.8 Å². The number of hydrogen-bond donors (Lipinski definition) is 1. The maximum atomic E-state index is 12.2. The Hall–Kier alpha value is -1.82. The first kappa shape index (κ1) is 14.6. The van der Waals surface area contributed by atoms with Crippen LogP contribution in [0.3, 0.4) is 0 Å².